The predicted octanol–water partition coefficient (Wildman–Crippen LogP) is -3.05. The van der Waals surface area contributed by atoms with E-state index in [0.717, 1.165) is 25.9 Å². The van der Waals surface area contributed by atoms with Crippen molar-refractivity contribution < 1.29 is 29.0 Å². The molecular formula is C6H13INO-. The molecule has 0 aromatic rings. The van der Waals surface area contributed by atoms with E-state index in [9.17, 15) is 5.21 Å². The van der Waals surface area contributed by atoms with E-state index in [4.69, 9.17) is 0 Å². The van der Waals surface area contributed by atoms with Gasteiger partial charge in [-0.3, -0.25) is 0 Å². The van der Waals surface area contributed by atoms with Gasteiger partial charge in [0.05, 0.1) is 13.1 Å². The average molecular weight is 242 g/mol. The Balaban J connectivity index is 0.000000640. The molecule has 0 radical (unpaired) electrons. The molecule has 0 bridgehead atoms. The van der Waals surface area contributed by atoms with Gasteiger partial charge in [-0.1, -0.05) is 0 Å². The van der Waals surface area contributed by atoms with Crippen LogP contribution in [-0.4, -0.2) is 13.1 Å². The summed E-state index contributed by atoms with van der Waals surface area (Å²) in [7, 11) is 0. The maximum atomic E-state index is 10.7. The molecule has 0 unspecified atom stereocenters. The first-order chi connectivity index (χ1) is 3.89. The minimum atomic E-state index is 0. The Morgan fingerprint density at radius 1 is 0.889 bits per heavy atom. The molecule has 56 valence electrons. The van der Waals surface area contributed by atoms with Crippen LogP contribution in [0, 0.1) is 5.21 Å². The van der Waals surface area contributed by atoms with E-state index >= 15 is 0 Å². The molecule has 0 aromatic heterocycles. The van der Waals surface area contributed by atoms with Gasteiger partial charge < -0.3 is 34.2 Å². The third-order valence-corrected chi connectivity index (χ3v) is 1.66. The van der Waals surface area contributed by atoms with Crippen molar-refractivity contribution in [1.29, 1.82) is 0 Å². The third kappa shape index (κ3) is 4.11. The molecule has 1 heterocycles. The summed E-state index contributed by atoms with van der Waals surface area (Å²) < 4.78 is 0. The van der Waals surface area contributed by atoms with Crippen LogP contribution in [0.1, 0.15) is 25.7 Å². The molecule has 0 amide bonds. The lowest BCUT2D eigenvalue weighted by Crippen LogP contribution is -3.06. The van der Waals surface area contributed by atoms with Gasteiger partial charge in [0.1, 0.15) is 0 Å². The van der Waals surface area contributed by atoms with Gasteiger partial charge in [0.25, 0.3) is 0 Å². The zero-order valence-electron chi connectivity index (χ0n) is 5.53. The monoisotopic (exact) mass is 242 g/mol. The van der Waals surface area contributed by atoms with Gasteiger partial charge in [-0.25, -0.2) is 0 Å². The van der Waals surface area contributed by atoms with Crippen LogP contribution in [0.3, 0.4) is 0 Å². The van der Waals surface area contributed by atoms with E-state index in [1.807, 2.05) is 0 Å². The molecule has 0 aliphatic carbocycles. The van der Waals surface area contributed by atoms with Crippen LogP contribution >= 0.6 is 0 Å². The van der Waals surface area contributed by atoms with Crippen LogP contribution in [-0.2, 0) is 0 Å². The smallest absolute Gasteiger partial charge is 0.0768 e. The fourth-order valence-corrected chi connectivity index (χ4v) is 1.12. The first-order valence-corrected chi connectivity index (χ1v) is 3.41. The van der Waals surface area contributed by atoms with E-state index in [1.54, 1.807) is 0 Å². The molecule has 1 fully saturated rings. The summed E-state index contributed by atoms with van der Waals surface area (Å²) in [6, 6.07) is 0. The van der Waals surface area contributed by atoms with Crippen LogP contribution < -0.4 is 29.0 Å². The Kier molecular flexibility index (Phi) is 5.83. The highest BCUT2D eigenvalue weighted by Crippen LogP contribution is 1.98. The summed E-state index contributed by atoms with van der Waals surface area (Å²) >= 11 is 0. The van der Waals surface area contributed by atoms with Crippen LogP contribution in [0.2, 0.25) is 0 Å². The second-order valence-electron chi connectivity index (χ2n) is 2.45. The van der Waals surface area contributed by atoms with Crippen molar-refractivity contribution in [2.24, 2.45) is 0 Å². The fraction of sp³-hybridized carbons (Fsp3) is 1.00. The van der Waals surface area contributed by atoms with Crippen molar-refractivity contribution in [2.75, 3.05) is 13.1 Å². The second kappa shape index (κ2) is 5.44. The molecule has 9 heavy (non-hydrogen) atoms. The van der Waals surface area contributed by atoms with Gasteiger partial charge in [-0.15, -0.1) is 0 Å². The normalized spacial score (nSPS) is 22.3. The molecule has 0 aromatic carbocycles. The Labute approximate surface area is 73.2 Å². The largest absolute Gasteiger partial charge is 1.00 e. The van der Waals surface area contributed by atoms with Gasteiger partial charge >= 0.3 is 0 Å². The standard InChI is InChI=1S/C6H13NO.HI/c8-7-5-3-1-2-4-6-7;/h7H,1-6H2;1H/p-1. The van der Waals surface area contributed by atoms with Crippen LogP contribution in [0.15, 0.2) is 0 Å². The molecule has 0 saturated carbocycles. The van der Waals surface area contributed by atoms with E-state index in [-0.39, 0.29) is 24.0 Å². The Morgan fingerprint density at radius 3 is 1.78 bits per heavy atom. The molecule has 1 saturated heterocycles. The van der Waals surface area contributed by atoms with E-state index in [1.165, 1.54) is 12.8 Å². The minimum Gasteiger partial charge on any atom is -1.00 e. The molecule has 1 rings (SSSR count). The Hall–Kier alpha value is 0.650. The third-order valence-electron chi connectivity index (χ3n) is 1.66. The van der Waals surface area contributed by atoms with Crippen molar-refractivity contribution in [3.8, 4) is 0 Å². The summed E-state index contributed by atoms with van der Waals surface area (Å²) in [5.41, 5.74) is 0. The number of quaternary nitrogens is 1. The summed E-state index contributed by atoms with van der Waals surface area (Å²) in [6.07, 6.45) is 4.81. The lowest BCUT2D eigenvalue weighted by molar-refractivity contribution is -0.847. The predicted molar refractivity (Wildman–Crippen MR) is 32.5 cm³/mol. The van der Waals surface area contributed by atoms with Crippen molar-refractivity contribution in [3.63, 3.8) is 0 Å². The SMILES string of the molecule is [I-].[O-][NH+]1CCCCCC1. The van der Waals surface area contributed by atoms with E-state index < -0.39 is 0 Å². The molecule has 1 N–H and O–H groups in total. The van der Waals surface area contributed by atoms with Crippen LogP contribution in [0.4, 0.5) is 0 Å². The number of hydrogen-bond donors (Lipinski definition) is 1. The quantitative estimate of drug-likeness (QED) is 0.354. The minimum absolute atomic E-state index is 0. The molecular weight excluding hydrogens is 229 g/mol. The number of halogens is 1. The Morgan fingerprint density at radius 2 is 1.33 bits per heavy atom. The van der Waals surface area contributed by atoms with Crippen molar-refractivity contribution in [1.82, 2.24) is 0 Å². The van der Waals surface area contributed by atoms with Crippen molar-refractivity contribution in [3.05, 3.63) is 5.21 Å². The topological polar surface area (TPSA) is 27.5 Å². The second-order valence-corrected chi connectivity index (χ2v) is 2.45. The zero-order chi connectivity index (χ0) is 5.82. The first kappa shape index (κ1) is 9.65. The molecule has 1 aliphatic rings. The highest BCUT2D eigenvalue weighted by atomic mass is 127. The number of nitrogens with one attached hydrogen (secondary N) is 1. The van der Waals surface area contributed by atoms with E-state index in [2.05, 4.69) is 0 Å². The lowest BCUT2D eigenvalue weighted by atomic mass is 10.2. The highest BCUT2D eigenvalue weighted by molar-refractivity contribution is 4.45. The lowest BCUT2D eigenvalue weighted by Gasteiger charge is -2.18. The highest BCUT2D eigenvalue weighted by Gasteiger charge is 2.01. The van der Waals surface area contributed by atoms with Crippen molar-refractivity contribution >= 4 is 0 Å². The Bertz CT molecular complexity index is 62.1. The molecule has 1 aliphatic heterocycles. The molecule has 0 atom stereocenters. The maximum absolute atomic E-state index is 10.7. The summed E-state index contributed by atoms with van der Waals surface area (Å²) in [6.45, 7) is 1.69. The van der Waals surface area contributed by atoms with Gasteiger partial charge in [-0.05, 0) is 25.7 Å². The van der Waals surface area contributed by atoms with Gasteiger partial charge in [0.15, 0.2) is 0 Å². The van der Waals surface area contributed by atoms with Gasteiger partial charge in [0.2, 0.25) is 0 Å². The number of hydrogen-bond acceptors (Lipinski definition) is 1. The van der Waals surface area contributed by atoms with Crippen LogP contribution in [0.5, 0.6) is 0 Å². The molecule has 2 nitrogen and oxygen atoms in total. The van der Waals surface area contributed by atoms with E-state index in [0.29, 0.717) is 5.06 Å². The molecule has 0 spiro atoms. The fourth-order valence-electron chi connectivity index (χ4n) is 1.12. The van der Waals surface area contributed by atoms with Gasteiger partial charge in [-0.2, -0.15) is 0 Å². The zero-order valence-corrected chi connectivity index (χ0v) is 7.69. The van der Waals surface area contributed by atoms with Crippen LogP contribution in [0.25, 0.3) is 0 Å². The summed E-state index contributed by atoms with van der Waals surface area (Å²) in [5.74, 6) is 0. The summed E-state index contributed by atoms with van der Waals surface area (Å²) in [5, 5.41) is 11.2. The number of rotatable bonds is 0. The van der Waals surface area contributed by atoms with Crippen molar-refractivity contribution in [2.45, 2.75) is 25.7 Å². The molecule has 3 heteroatoms. The first-order valence-electron chi connectivity index (χ1n) is 3.41. The maximum Gasteiger partial charge on any atom is 0.0768 e. The number of hydroxylamine groups is 2. The van der Waals surface area contributed by atoms with Gasteiger partial charge in [0, 0.05) is 0 Å². The average Bonchev–Trinajstić information content (AvgIpc) is 1.94. The summed E-state index contributed by atoms with van der Waals surface area (Å²) in [4.78, 5) is 0.